The molecular weight excluding hydrogens is 366 g/mol. The molecule has 5 rings (SSSR count). The lowest BCUT2D eigenvalue weighted by molar-refractivity contribution is -0.133. The lowest BCUT2D eigenvalue weighted by Crippen LogP contribution is -2.49. The van der Waals surface area contributed by atoms with Gasteiger partial charge in [0.2, 0.25) is 5.91 Å². The second kappa shape index (κ2) is 6.68. The van der Waals surface area contributed by atoms with Gasteiger partial charge < -0.3 is 14.4 Å². The van der Waals surface area contributed by atoms with Gasteiger partial charge in [-0.2, -0.15) is 0 Å². The van der Waals surface area contributed by atoms with E-state index in [0.717, 1.165) is 47.0 Å². The summed E-state index contributed by atoms with van der Waals surface area (Å²) < 4.78 is 1.71. The first-order chi connectivity index (χ1) is 13.9. The summed E-state index contributed by atoms with van der Waals surface area (Å²) in [6.07, 6.45) is 6.78. The molecule has 3 aliphatic rings. The van der Waals surface area contributed by atoms with Gasteiger partial charge in [0.1, 0.15) is 5.82 Å². The summed E-state index contributed by atoms with van der Waals surface area (Å²) in [6.45, 7) is 6.70. The highest BCUT2D eigenvalue weighted by Gasteiger charge is 2.34. The van der Waals surface area contributed by atoms with Crippen LogP contribution in [0.2, 0.25) is 0 Å². The van der Waals surface area contributed by atoms with E-state index in [-0.39, 0.29) is 11.5 Å². The van der Waals surface area contributed by atoms with E-state index in [1.807, 2.05) is 31.1 Å². The van der Waals surface area contributed by atoms with Crippen molar-refractivity contribution in [3.8, 4) is 0 Å². The number of carbonyl (C=O) groups excluding carboxylic acids is 1. The van der Waals surface area contributed by atoms with E-state index < -0.39 is 0 Å². The van der Waals surface area contributed by atoms with E-state index in [4.69, 9.17) is 0 Å². The number of aromatic nitrogens is 3. The molecule has 2 fully saturated rings. The molecule has 1 saturated carbocycles. The first kappa shape index (κ1) is 18.3. The first-order valence-corrected chi connectivity index (χ1v) is 10.4. The van der Waals surface area contributed by atoms with Gasteiger partial charge in [0.15, 0.2) is 0 Å². The molecule has 1 amide bonds. The van der Waals surface area contributed by atoms with Crippen molar-refractivity contribution in [2.45, 2.75) is 52.1 Å². The predicted molar refractivity (Wildman–Crippen MR) is 110 cm³/mol. The standard InChI is InChI=1S/C22H27N5O2/c1-13-14(2)22(29)25(3)19-12-27(11-17(13)19)21(28)6-15-9-26(10-15)20-8-23-18(7-24-20)16-4-5-16/h7-8,15-16H,4-6,9-12H2,1-3H3. The minimum absolute atomic E-state index is 0.0407. The highest BCUT2D eigenvalue weighted by Crippen LogP contribution is 2.39. The van der Waals surface area contributed by atoms with Crippen molar-refractivity contribution in [3.05, 3.63) is 50.8 Å². The Bertz CT molecular complexity index is 1030. The fourth-order valence-electron chi connectivity index (χ4n) is 4.54. The van der Waals surface area contributed by atoms with Crippen LogP contribution in [0.3, 0.4) is 0 Å². The Morgan fingerprint density at radius 2 is 1.86 bits per heavy atom. The second-order valence-corrected chi connectivity index (χ2v) is 8.84. The van der Waals surface area contributed by atoms with Crippen LogP contribution >= 0.6 is 0 Å². The second-order valence-electron chi connectivity index (χ2n) is 8.84. The maximum absolute atomic E-state index is 12.9. The van der Waals surface area contributed by atoms with Gasteiger partial charge in [0.05, 0.1) is 24.6 Å². The minimum atomic E-state index is 0.0407. The first-order valence-electron chi connectivity index (χ1n) is 10.4. The van der Waals surface area contributed by atoms with Gasteiger partial charge in [-0.25, -0.2) is 4.98 Å². The van der Waals surface area contributed by atoms with Crippen molar-refractivity contribution in [1.29, 1.82) is 0 Å². The van der Waals surface area contributed by atoms with E-state index in [9.17, 15) is 9.59 Å². The summed E-state index contributed by atoms with van der Waals surface area (Å²) in [5.41, 5.74) is 5.07. The quantitative estimate of drug-likeness (QED) is 0.795. The maximum atomic E-state index is 12.9. The zero-order valence-electron chi connectivity index (χ0n) is 17.3. The van der Waals surface area contributed by atoms with Gasteiger partial charge in [-0.1, -0.05) is 0 Å². The van der Waals surface area contributed by atoms with E-state index >= 15 is 0 Å². The number of pyridine rings is 1. The Labute approximate surface area is 170 Å². The topological polar surface area (TPSA) is 71.3 Å². The minimum Gasteiger partial charge on any atom is -0.355 e. The van der Waals surface area contributed by atoms with Crippen LogP contribution in [0.25, 0.3) is 0 Å². The molecule has 7 heteroatoms. The van der Waals surface area contributed by atoms with Gasteiger partial charge in [0.25, 0.3) is 5.56 Å². The highest BCUT2D eigenvalue weighted by atomic mass is 16.2. The molecule has 0 unspecified atom stereocenters. The highest BCUT2D eigenvalue weighted by molar-refractivity contribution is 5.77. The van der Waals surface area contributed by atoms with Crippen LogP contribution in [0.5, 0.6) is 0 Å². The molecule has 4 heterocycles. The normalized spacial score (nSPS) is 18.7. The third-order valence-corrected chi connectivity index (χ3v) is 6.83. The molecular formula is C22H27N5O2. The molecule has 152 valence electrons. The van der Waals surface area contributed by atoms with Gasteiger partial charge in [-0.05, 0) is 37.8 Å². The lowest BCUT2D eigenvalue weighted by atomic mass is 9.95. The monoisotopic (exact) mass is 393 g/mol. The predicted octanol–water partition coefficient (Wildman–Crippen LogP) is 2.04. The third-order valence-electron chi connectivity index (χ3n) is 6.83. The molecule has 0 radical (unpaired) electrons. The van der Waals surface area contributed by atoms with Crippen molar-refractivity contribution in [3.63, 3.8) is 0 Å². The van der Waals surface area contributed by atoms with Crippen molar-refractivity contribution in [2.75, 3.05) is 18.0 Å². The van der Waals surface area contributed by atoms with Gasteiger partial charge in [-0.3, -0.25) is 14.6 Å². The molecule has 0 aromatic carbocycles. The Morgan fingerprint density at radius 1 is 1.10 bits per heavy atom. The van der Waals surface area contributed by atoms with Crippen molar-refractivity contribution in [1.82, 2.24) is 19.4 Å². The molecule has 2 aromatic heterocycles. The Balaban J connectivity index is 1.18. The maximum Gasteiger partial charge on any atom is 0.253 e. The molecule has 0 atom stereocenters. The number of fused-ring (bicyclic) bond motifs is 1. The van der Waals surface area contributed by atoms with Crippen LogP contribution in [-0.2, 0) is 24.9 Å². The van der Waals surface area contributed by atoms with Gasteiger partial charge in [-0.15, -0.1) is 0 Å². The van der Waals surface area contributed by atoms with Gasteiger partial charge in [0, 0.05) is 56.2 Å². The molecule has 7 nitrogen and oxygen atoms in total. The van der Waals surface area contributed by atoms with E-state index in [0.29, 0.717) is 31.3 Å². The fourth-order valence-corrected chi connectivity index (χ4v) is 4.54. The average molecular weight is 393 g/mol. The number of amides is 1. The number of carbonyl (C=O) groups is 1. The molecule has 0 N–H and O–H groups in total. The van der Waals surface area contributed by atoms with E-state index in [1.165, 1.54) is 12.8 Å². The van der Waals surface area contributed by atoms with E-state index in [1.54, 1.807) is 11.6 Å². The summed E-state index contributed by atoms with van der Waals surface area (Å²) in [5.74, 6) is 2.05. The van der Waals surface area contributed by atoms with Crippen LogP contribution in [0, 0.1) is 19.8 Å². The van der Waals surface area contributed by atoms with Crippen molar-refractivity contribution in [2.24, 2.45) is 13.0 Å². The van der Waals surface area contributed by atoms with Crippen LogP contribution < -0.4 is 10.5 Å². The van der Waals surface area contributed by atoms with Crippen molar-refractivity contribution >= 4 is 11.7 Å². The summed E-state index contributed by atoms with van der Waals surface area (Å²) in [5, 5.41) is 0. The summed E-state index contributed by atoms with van der Waals surface area (Å²) in [4.78, 5) is 38.4. The molecule has 0 bridgehead atoms. The number of anilines is 1. The number of nitrogens with zero attached hydrogens (tertiary/aromatic N) is 5. The summed E-state index contributed by atoms with van der Waals surface area (Å²) in [6, 6.07) is 0. The Kier molecular flexibility index (Phi) is 4.22. The zero-order valence-corrected chi connectivity index (χ0v) is 17.3. The smallest absolute Gasteiger partial charge is 0.253 e. The number of hydrogen-bond acceptors (Lipinski definition) is 5. The summed E-state index contributed by atoms with van der Waals surface area (Å²) >= 11 is 0. The zero-order chi connectivity index (χ0) is 20.3. The molecule has 1 aliphatic carbocycles. The van der Waals surface area contributed by atoms with Crippen LogP contribution in [-0.4, -0.2) is 38.4 Å². The van der Waals surface area contributed by atoms with Crippen LogP contribution in [0.15, 0.2) is 17.2 Å². The SMILES string of the molecule is Cc1c2c(n(C)c(=O)c1C)CN(C(=O)CC1CN(c3cnc(C4CC4)cn3)C1)C2. The van der Waals surface area contributed by atoms with Crippen LogP contribution in [0.4, 0.5) is 5.82 Å². The van der Waals surface area contributed by atoms with Crippen LogP contribution in [0.1, 0.15) is 53.3 Å². The lowest BCUT2D eigenvalue weighted by Gasteiger charge is -2.40. The molecule has 29 heavy (non-hydrogen) atoms. The Morgan fingerprint density at radius 3 is 2.52 bits per heavy atom. The molecule has 2 aromatic rings. The van der Waals surface area contributed by atoms with E-state index in [2.05, 4.69) is 14.9 Å². The number of rotatable bonds is 4. The fraction of sp³-hybridized carbons (Fsp3) is 0.545. The number of hydrogen-bond donors (Lipinski definition) is 0. The third kappa shape index (κ3) is 3.12. The summed E-state index contributed by atoms with van der Waals surface area (Å²) in [7, 11) is 1.81. The molecule has 0 spiro atoms. The van der Waals surface area contributed by atoms with Gasteiger partial charge >= 0.3 is 0 Å². The average Bonchev–Trinajstić information content (AvgIpc) is 3.45. The molecule has 2 aliphatic heterocycles. The van der Waals surface area contributed by atoms with Crippen molar-refractivity contribution < 1.29 is 4.79 Å². The largest absolute Gasteiger partial charge is 0.355 e. The Hall–Kier alpha value is -2.70. The molecule has 1 saturated heterocycles.